The maximum Gasteiger partial charge on any atom is 0.258 e. The number of aliphatic imine (C=N–C) groups is 1. The number of carbonyl (C=O) groups is 1. The van der Waals surface area contributed by atoms with Crippen LogP contribution in [0.3, 0.4) is 0 Å². The van der Waals surface area contributed by atoms with E-state index < -0.39 is 0 Å². The van der Waals surface area contributed by atoms with E-state index in [1.54, 1.807) is 0 Å². The summed E-state index contributed by atoms with van der Waals surface area (Å²) in [4.78, 5) is 17.5. The number of hydrogen-bond acceptors (Lipinski definition) is 3. The number of guanidine groups is 1. The Balaban J connectivity index is 1.84. The Labute approximate surface area is 178 Å². The van der Waals surface area contributed by atoms with Crippen molar-refractivity contribution >= 4 is 17.6 Å². The van der Waals surface area contributed by atoms with Crippen LogP contribution in [-0.4, -0.2) is 21.6 Å². The molecule has 156 valence electrons. The second kappa shape index (κ2) is 9.87. The minimum Gasteiger partial charge on any atom is -0.326 e. The fourth-order valence-corrected chi connectivity index (χ4v) is 3.19. The zero-order valence-electron chi connectivity index (χ0n) is 18.1. The standard InChI is InChI=1S/C24H29N5O/c1-5-13-29-16-20(19(4)28-29)15-25-24(26-21-11-8-9-17(2)14-21)27-23(30)22-12-7-6-10-18(22)3/h6-12,14,16H,5,13,15H2,1-4H3,(H2,25,26,27,30). The molecule has 2 aromatic carbocycles. The van der Waals surface area contributed by atoms with Gasteiger partial charge in [-0.15, -0.1) is 0 Å². The molecule has 0 unspecified atom stereocenters. The maximum absolute atomic E-state index is 12.9. The molecule has 0 saturated heterocycles. The van der Waals surface area contributed by atoms with Crippen molar-refractivity contribution in [1.29, 1.82) is 0 Å². The average Bonchev–Trinajstić information content (AvgIpc) is 3.06. The molecule has 0 aliphatic rings. The van der Waals surface area contributed by atoms with Crippen LogP contribution in [0.1, 0.15) is 46.1 Å². The third-order valence-corrected chi connectivity index (χ3v) is 4.81. The first-order valence-corrected chi connectivity index (χ1v) is 10.2. The molecule has 3 rings (SSSR count). The number of rotatable bonds is 6. The zero-order chi connectivity index (χ0) is 21.5. The Bertz CT molecular complexity index is 1050. The molecule has 1 aromatic heterocycles. The first-order chi connectivity index (χ1) is 14.5. The summed E-state index contributed by atoms with van der Waals surface area (Å²) < 4.78 is 1.94. The zero-order valence-corrected chi connectivity index (χ0v) is 18.1. The highest BCUT2D eigenvalue weighted by Gasteiger charge is 2.12. The predicted molar refractivity (Wildman–Crippen MR) is 122 cm³/mol. The number of carbonyl (C=O) groups excluding carboxylic acids is 1. The van der Waals surface area contributed by atoms with Gasteiger partial charge in [-0.3, -0.25) is 14.8 Å². The molecule has 3 aromatic rings. The minimum absolute atomic E-state index is 0.189. The van der Waals surface area contributed by atoms with Crippen LogP contribution in [-0.2, 0) is 13.1 Å². The molecule has 2 N–H and O–H groups in total. The van der Waals surface area contributed by atoms with Crippen molar-refractivity contribution in [3.05, 3.63) is 82.7 Å². The van der Waals surface area contributed by atoms with E-state index in [1.807, 2.05) is 80.2 Å². The molecule has 6 nitrogen and oxygen atoms in total. The molecule has 1 amide bonds. The number of nitrogens with zero attached hydrogens (tertiary/aromatic N) is 3. The number of hydrogen-bond donors (Lipinski definition) is 2. The van der Waals surface area contributed by atoms with Gasteiger partial charge in [-0.2, -0.15) is 5.10 Å². The van der Waals surface area contributed by atoms with Crippen molar-refractivity contribution in [2.45, 2.75) is 47.2 Å². The molecule has 0 saturated carbocycles. The normalized spacial score (nSPS) is 11.4. The Morgan fingerprint density at radius 2 is 1.90 bits per heavy atom. The maximum atomic E-state index is 12.9. The summed E-state index contributed by atoms with van der Waals surface area (Å²) in [7, 11) is 0. The molecule has 0 spiro atoms. The number of amides is 1. The summed E-state index contributed by atoms with van der Waals surface area (Å²) in [6.45, 7) is 9.36. The Morgan fingerprint density at radius 3 is 2.63 bits per heavy atom. The van der Waals surface area contributed by atoms with Gasteiger partial charge in [-0.25, -0.2) is 4.99 Å². The van der Waals surface area contributed by atoms with Crippen molar-refractivity contribution in [3.63, 3.8) is 0 Å². The second-order valence-corrected chi connectivity index (χ2v) is 7.43. The highest BCUT2D eigenvalue weighted by atomic mass is 16.1. The van der Waals surface area contributed by atoms with E-state index in [2.05, 4.69) is 27.6 Å². The topological polar surface area (TPSA) is 71.3 Å². The summed E-state index contributed by atoms with van der Waals surface area (Å²) in [6.07, 6.45) is 3.05. The van der Waals surface area contributed by atoms with Crippen LogP contribution in [0.5, 0.6) is 0 Å². The van der Waals surface area contributed by atoms with Crippen molar-refractivity contribution in [2.24, 2.45) is 4.99 Å². The summed E-state index contributed by atoms with van der Waals surface area (Å²) in [5.74, 6) is 0.224. The van der Waals surface area contributed by atoms with Gasteiger partial charge in [-0.1, -0.05) is 37.3 Å². The van der Waals surface area contributed by atoms with Gasteiger partial charge in [0.1, 0.15) is 0 Å². The quantitative estimate of drug-likeness (QED) is 0.466. The van der Waals surface area contributed by atoms with Gasteiger partial charge in [-0.05, 0) is 56.5 Å². The van der Waals surface area contributed by atoms with Gasteiger partial charge >= 0.3 is 0 Å². The Hall–Kier alpha value is -3.41. The summed E-state index contributed by atoms with van der Waals surface area (Å²) in [5.41, 5.74) is 5.53. The molecule has 0 aliphatic heterocycles. The largest absolute Gasteiger partial charge is 0.326 e. The molecule has 0 aliphatic carbocycles. The Kier molecular flexibility index (Phi) is 7.01. The van der Waals surface area contributed by atoms with Gasteiger partial charge in [0.05, 0.1) is 12.2 Å². The van der Waals surface area contributed by atoms with Crippen molar-refractivity contribution in [2.75, 3.05) is 5.32 Å². The fraction of sp³-hybridized carbons (Fsp3) is 0.292. The van der Waals surface area contributed by atoms with E-state index in [1.165, 1.54) is 0 Å². The third kappa shape index (κ3) is 5.56. The first kappa shape index (κ1) is 21.3. The molecule has 1 heterocycles. The molecular weight excluding hydrogens is 374 g/mol. The van der Waals surface area contributed by atoms with Gasteiger partial charge in [0.2, 0.25) is 5.96 Å². The highest BCUT2D eigenvalue weighted by molar-refractivity contribution is 6.10. The number of aryl methyl sites for hydroxylation is 4. The van der Waals surface area contributed by atoms with E-state index in [-0.39, 0.29) is 5.91 Å². The van der Waals surface area contributed by atoms with E-state index in [0.29, 0.717) is 18.1 Å². The molecule has 30 heavy (non-hydrogen) atoms. The lowest BCUT2D eigenvalue weighted by atomic mass is 10.1. The van der Waals surface area contributed by atoms with Crippen molar-refractivity contribution in [3.8, 4) is 0 Å². The molecule has 0 atom stereocenters. The second-order valence-electron chi connectivity index (χ2n) is 7.43. The van der Waals surface area contributed by atoms with Crippen LogP contribution in [0.25, 0.3) is 0 Å². The fourth-order valence-electron chi connectivity index (χ4n) is 3.19. The molecule has 0 fully saturated rings. The highest BCUT2D eigenvalue weighted by Crippen LogP contribution is 2.12. The van der Waals surface area contributed by atoms with Gasteiger partial charge in [0, 0.05) is 29.6 Å². The third-order valence-electron chi connectivity index (χ3n) is 4.81. The lowest BCUT2D eigenvalue weighted by Crippen LogP contribution is -2.36. The van der Waals surface area contributed by atoms with Crippen LogP contribution in [0.4, 0.5) is 5.69 Å². The van der Waals surface area contributed by atoms with Crippen molar-refractivity contribution < 1.29 is 4.79 Å². The summed E-state index contributed by atoms with van der Waals surface area (Å²) >= 11 is 0. The number of anilines is 1. The lowest BCUT2D eigenvalue weighted by molar-refractivity contribution is 0.0976. The van der Waals surface area contributed by atoms with Gasteiger partial charge < -0.3 is 5.32 Å². The van der Waals surface area contributed by atoms with E-state index in [0.717, 1.165) is 41.0 Å². The molecule has 6 heteroatoms. The first-order valence-electron chi connectivity index (χ1n) is 10.2. The lowest BCUT2D eigenvalue weighted by Gasteiger charge is -2.13. The van der Waals surface area contributed by atoms with E-state index >= 15 is 0 Å². The SMILES string of the molecule is CCCn1cc(CN=C(NC(=O)c2ccccc2C)Nc2cccc(C)c2)c(C)n1. The van der Waals surface area contributed by atoms with Crippen LogP contribution < -0.4 is 10.6 Å². The summed E-state index contributed by atoms with van der Waals surface area (Å²) in [6, 6.07) is 15.5. The molecule has 0 radical (unpaired) electrons. The monoisotopic (exact) mass is 403 g/mol. The smallest absolute Gasteiger partial charge is 0.258 e. The van der Waals surface area contributed by atoms with Crippen LogP contribution in [0, 0.1) is 20.8 Å². The van der Waals surface area contributed by atoms with Gasteiger partial charge in [0.25, 0.3) is 5.91 Å². The molecular formula is C24H29N5O. The average molecular weight is 404 g/mol. The molecule has 0 bridgehead atoms. The minimum atomic E-state index is -0.189. The Morgan fingerprint density at radius 1 is 1.10 bits per heavy atom. The number of benzene rings is 2. The van der Waals surface area contributed by atoms with E-state index in [9.17, 15) is 4.79 Å². The van der Waals surface area contributed by atoms with Gasteiger partial charge in [0.15, 0.2) is 0 Å². The summed E-state index contributed by atoms with van der Waals surface area (Å²) in [5, 5.41) is 10.7. The van der Waals surface area contributed by atoms with Crippen LogP contribution >= 0.6 is 0 Å². The number of aromatic nitrogens is 2. The predicted octanol–water partition coefficient (Wildman–Crippen LogP) is 4.62. The number of nitrogens with one attached hydrogen (secondary N) is 2. The van der Waals surface area contributed by atoms with Crippen LogP contribution in [0.2, 0.25) is 0 Å². The van der Waals surface area contributed by atoms with E-state index in [4.69, 9.17) is 0 Å². The van der Waals surface area contributed by atoms with Crippen LogP contribution in [0.15, 0.2) is 59.7 Å². The van der Waals surface area contributed by atoms with Crippen molar-refractivity contribution in [1.82, 2.24) is 15.1 Å².